The summed E-state index contributed by atoms with van der Waals surface area (Å²) in [6.45, 7) is 2.13. The normalized spacial score (nSPS) is 11.8. The molecule has 2 aromatic carbocycles. The number of nitrogens with zero attached hydrogens (tertiary/aromatic N) is 1. The lowest BCUT2D eigenvalue weighted by molar-refractivity contribution is -0.128. The molecule has 0 fully saturated rings. The zero-order valence-corrected chi connectivity index (χ0v) is 15.1. The van der Waals surface area contributed by atoms with Crippen LogP contribution < -0.4 is 10.1 Å². The van der Waals surface area contributed by atoms with E-state index in [0.717, 1.165) is 16.3 Å². The molecule has 0 aliphatic heterocycles. The van der Waals surface area contributed by atoms with Crippen molar-refractivity contribution in [1.29, 1.82) is 0 Å². The summed E-state index contributed by atoms with van der Waals surface area (Å²) in [5, 5.41) is 5.64. The van der Waals surface area contributed by atoms with E-state index in [9.17, 15) is 9.18 Å². The van der Waals surface area contributed by atoms with Crippen LogP contribution in [0.25, 0.3) is 10.6 Å². The van der Waals surface area contributed by atoms with Gasteiger partial charge in [0.15, 0.2) is 17.7 Å². The summed E-state index contributed by atoms with van der Waals surface area (Å²) < 4.78 is 19.2. The van der Waals surface area contributed by atoms with Crippen molar-refractivity contribution in [2.45, 2.75) is 26.0 Å². The van der Waals surface area contributed by atoms with Crippen LogP contribution >= 0.6 is 11.3 Å². The summed E-state index contributed by atoms with van der Waals surface area (Å²) in [6, 6.07) is 15.9. The van der Waals surface area contributed by atoms with Gasteiger partial charge in [0.05, 0.1) is 12.2 Å². The number of amides is 1. The van der Waals surface area contributed by atoms with Crippen LogP contribution in [0, 0.1) is 5.82 Å². The lowest BCUT2D eigenvalue weighted by Crippen LogP contribution is -2.37. The average molecular weight is 370 g/mol. The first-order chi connectivity index (χ1) is 12.7. The van der Waals surface area contributed by atoms with E-state index >= 15 is 0 Å². The number of carbonyl (C=O) groups is 1. The van der Waals surface area contributed by atoms with Crippen LogP contribution in [0.5, 0.6) is 5.75 Å². The Labute approximate surface area is 155 Å². The van der Waals surface area contributed by atoms with Gasteiger partial charge in [-0.15, -0.1) is 11.3 Å². The minimum absolute atomic E-state index is 0.0783. The summed E-state index contributed by atoms with van der Waals surface area (Å²) in [5.41, 5.74) is 1.83. The Morgan fingerprint density at radius 2 is 1.92 bits per heavy atom. The number of benzene rings is 2. The Balaban J connectivity index is 1.59. The van der Waals surface area contributed by atoms with Gasteiger partial charge in [-0.3, -0.25) is 4.79 Å². The fourth-order valence-corrected chi connectivity index (χ4v) is 3.23. The first kappa shape index (κ1) is 18.1. The van der Waals surface area contributed by atoms with Gasteiger partial charge in [-0.2, -0.15) is 0 Å². The van der Waals surface area contributed by atoms with Gasteiger partial charge in [0, 0.05) is 10.9 Å². The first-order valence-electron chi connectivity index (χ1n) is 8.36. The molecule has 4 nitrogen and oxygen atoms in total. The maximum Gasteiger partial charge on any atom is 0.261 e. The molecule has 0 saturated heterocycles. The second-order valence-electron chi connectivity index (χ2n) is 5.67. The third-order valence-corrected chi connectivity index (χ3v) is 4.73. The Kier molecular flexibility index (Phi) is 5.96. The standard InChI is InChI=1S/C20H19FN2O2S/c1-2-17(25-18-11-7-6-10-16(18)21)19(24)22-12-15-13-26-20(23-15)14-8-4-3-5-9-14/h3-11,13,17H,2,12H2,1H3,(H,22,24). The number of carbonyl (C=O) groups excluding carboxylic acids is 1. The fraction of sp³-hybridized carbons (Fsp3) is 0.200. The molecular formula is C20H19FN2O2S. The average Bonchev–Trinajstić information content (AvgIpc) is 3.15. The predicted octanol–water partition coefficient (Wildman–Crippen LogP) is 4.42. The number of hydrogen-bond acceptors (Lipinski definition) is 4. The van der Waals surface area contributed by atoms with E-state index in [1.54, 1.807) is 12.1 Å². The van der Waals surface area contributed by atoms with Crippen LogP contribution in [-0.2, 0) is 11.3 Å². The second-order valence-corrected chi connectivity index (χ2v) is 6.53. The van der Waals surface area contributed by atoms with Crippen LogP contribution in [0.1, 0.15) is 19.0 Å². The van der Waals surface area contributed by atoms with E-state index in [-0.39, 0.29) is 11.7 Å². The summed E-state index contributed by atoms with van der Waals surface area (Å²) in [5.74, 6) is -0.690. The van der Waals surface area contributed by atoms with Crippen LogP contribution in [0.4, 0.5) is 4.39 Å². The molecule has 0 radical (unpaired) electrons. The van der Waals surface area contributed by atoms with Crippen molar-refractivity contribution in [3.05, 3.63) is 71.5 Å². The summed E-state index contributed by atoms with van der Waals surface area (Å²) in [6.07, 6.45) is -0.314. The molecule has 3 aromatic rings. The largest absolute Gasteiger partial charge is 0.478 e. The highest BCUT2D eigenvalue weighted by Gasteiger charge is 2.19. The Morgan fingerprint density at radius 3 is 2.65 bits per heavy atom. The van der Waals surface area contributed by atoms with E-state index in [1.807, 2.05) is 42.6 Å². The van der Waals surface area contributed by atoms with Crippen molar-refractivity contribution in [3.63, 3.8) is 0 Å². The minimum atomic E-state index is -0.751. The first-order valence-corrected chi connectivity index (χ1v) is 9.24. The molecule has 1 aromatic heterocycles. The van der Waals surface area contributed by atoms with Crippen LogP contribution in [-0.4, -0.2) is 17.0 Å². The molecule has 1 amide bonds. The molecule has 1 heterocycles. The second kappa shape index (κ2) is 8.58. The topological polar surface area (TPSA) is 51.2 Å². The van der Waals surface area contributed by atoms with Gasteiger partial charge in [0.2, 0.25) is 0 Å². The Hall–Kier alpha value is -2.73. The molecular weight excluding hydrogens is 351 g/mol. The fourth-order valence-electron chi connectivity index (χ4n) is 2.41. The summed E-state index contributed by atoms with van der Waals surface area (Å²) in [7, 11) is 0. The smallest absolute Gasteiger partial charge is 0.261 e. The number of ether oxygens (including phenoxy) is 1. The van der Waals surface area contributed by atoms with Crippen molar-refractivity contribution in [3.8, 4) is 16.3 Å². The highest BCUT2D eigenvalue weighted by atomic mass is 32.1. The third kappa shape index (κ3) is 4.46. The molecule has 26 heavy (non-hydrogen) atoms. The maximum absolute atomic E-state index is 13.7. The number of nitrogens with one attached hydrogen (secondary N) is 1. The number of aromatic nitrogens is 1. The molecule has 0 aliphatic rings. The van der Waals surface area contributed by atoms with Crippen LogP contribution in [0.15, 0.2) is 60.0 Å². The van der Waals surface area contributed by atoms with E-state index in [1.165, 1.54) is 23.5 Å². The van der Waals surface area contributed by atoms with Crippen molar-refractivity contribution >= 4 is 17.2 Å². The van der Waals surface area contributed by atoms with E-state index in [4.69, 9.17) is 4.74 Å². The van der Waals surface area contributed by atoms with Gasteiger partial charge in [-0.25, -0.2) is 9.37 Å². The molecule has 1 N–H and O–H groups in total. The van der Waals surface area contributed by atoms with Gasteiger partial charge in [-0.1, -0.05) is 49.4 Å². The van der Waals surface area contributed by atoms with Crippen molar-refractivity contribution in [2.24, 2.45) is 0 Å². The lowest BCUT2D eigenvalue weighted by Gasteiger charge is -2.17. The minimum Gasteiger partial charge on any atom is -0.478 e. The molecule has 0 bridgehead atoms. The van der Waals surface area contributed by atoms with E-state index < -0.39 is 11.9 Å². The number of hydrogen-bond donors (Lipinski definition) is 1. The van der Waals surface area contributed by atoms with E-state index in [0.29, 0.717) is 13.0 Å². The Morgan fingerprint density at radius 1 is 1.19 bits per heavy atom. The summed E-state index contributed by atoms with van der Waals surface area (Å²) >= 11 is 1.53. The highest BCUT2D eigenvalue weighted by Crippen LogP contribution is 2.23. The molecule has 6 heteroatoms. The van der Waals surface area contributed by atoms with Crippen LogP contribution in [0.3, 0.4) is 0 Å². The molecule has 1 atom stereocenters. The Bertz CT molecular complexity index is 867. The number of rotatable bonds is 7. The van der Waals surface area contributed by atoms with Gasteiger partial charge >= 0.3 is 0 Å². The molecule has 0 saturated carbocycles. The van der Waals surface area contributed by atoms with E-state index in [2.05, 4.69) is 10.3 Å². The van der Waals surface area contributed by atoms with Crippen molar-refractivity contribution < 1.29 is 13.9 Å². The van der Waals surface area contributed by atoms with Gasteiger partial charge in [0.1, 0.15) is 5.01 Å². The van der Waals surface area contributed by atoms with Crippen LogP contribution in [0.2, 0.25) is 0 Å². The highest BCUT2D eigenvalue weighted by molar-refractivity contribution is 7.13. The summed E-state index contributed by atoms with van der Waals surface area (Å²) in [4.78, 5) is 16.9. The third-order valence-electron chi connectivity index (χ3n) is 3.79. The molecule has 0 spiro atoms. The molecule has 3 rings (SSSR count). The maximum atomic E-state index is 13.7. The predicted molar refractivity (Wildman–Crippen MR) is 101 cm³/mol. The van der Waals surface area contributed by atoms with Crippen molar-refractivity contribution in [1.82, 2.24) is 10.3 Å². The van der Waals surface area contributed by atoms with Gasteiger partial charge in [-0.05, 0) is 18.6 Å². The SMILES string of the molecule is CCC(Oc1ccccc1F)C(=O)NCc1csc(-c2ccccc2)n1. The molecule has 1 unspecified atom stereocenters. The number of thiazole rings is 1. The van der Waals surface area contributed by atoms with Crippen molar-refractivity contribution in [2.75, 3.05) is 0 Å². The quantitative estimate of drug-likeness (QED) is 0.670. The number of halogens is 1. The monoisotopic (exact) mass is 370 g/mol. The van der Waals surface area contributed by atoms with Gasteiger partial charge in [0.25, 0.3) is 5.91 Å². The van der Waals surface area contributed by atoms with Gasteiger partial charge < -0.3 is 10.1 Å². The molecule has 0 aliphatic carbocycles. The zero-order chi connectivity index (χ0) is 18.4. The number of para-hydroxylation sites is 1. The zero-order valence-electron chi connectivity index (χ0n) is 14.3. The molecule has 134 valence electrons. The lowest BCUT2D eigenvalue weighted by atomic mass is 10.2.